The molecule has 17 heavy (non-hydrogen) atoms. The van der Waals surface area contributed by atoms with Crippen molar-refractivity contribution in [2.75, 3.05) is 6.54 Å². The van der Waals surface area contributed by atoms with Gasteiger partial charge in [-0.05, 0) is 37.9 Å². The third kappa shape index (κ3) is 2.59. The summed E-state index contributed by atoms with van der Waals surface area (Å²) >= 11 is 0. The van der Waals surface area contributed by atoms with E-state index >= 15 is 0 Å². The van der Waals surface area contributed by atoms with Gasteiger partial charge in [-0.3, -0.25) is 0 Å². The quantitative estimate of drug-likeness (QED) is 0.783. The minimum Gasteiger partial charge on any atom is -0.347 e. The molecule has 2 N–H and O–H groups in total. The van der Waals surface area contributed by atoms with Gasteiger partial charge in [-0.2, -0.15) is 0 Å². The maximum absolute atomic E-state index is 5.66. The Hall–Kier alpha value is -1.54. The van der Waals surface area contributed by atoms with Crippen molar-refractivity contribution in [1.82, 2.24) is 4.57 Å². The van der Waals surface area contributed by atoms with Crippen LogP contribution in [0.2, 0.25) is 0 Å². The van der Waals surface area contributed by atoms with Crippen LogP contribution in [0.1, 0.15) is 18.9 Å². The topological polar surface area (TPSA) is 30.9 Å². The summed E-state index contributed by atoms with van der Waals surface area (Å²) in [5.74, 6) is 0. The van der Waals surface area contributed by atoms with Crippen molar-refractivity contribution in [1.29, 1.82) is 0 Å². The Kier molecular flexibility index (Phi) is 3.64. The molecule has 0 aliphatic heterocycles. The van der Waals surface area contributed by atoms with Gasteiger partial charge in [-0.1, -0.05) is 23.8 Å². The predicted molar refractivity (Wildman–Crippen MR) is 74.1 cm³/mol. The lowest BCUT2D eigenvalue weighted by Crippen LogP contribution is -2.02. The average Bonchev–Trinajstić information content (AvgIpc) is 2.66. The van der Waals surface area contributed by atoms with Crippen LogP contribution in [0, 0.1) is 0 Å². The summed E-state index contributed by atoms with van der Waals surface area (Å²) in [7, 11) is 0. The summed E-state index contributed by atoms with van der Waals surface area (Å²) in [4.78, 5) is 0. The Morgan fingerprint density at radius 2 is 2.12 bits per heavy atom. The molecule has 2 aromatic rings. The van der Waals surface area contributed by atoms with E-state index in [0.717, 1.165) is 19.4 Å². The Morgan fingerprint density at radius 1 is 1.35 bits per heavy atom. The molecule has 0 aliphatic carbocycles. The van der Waals surface area contributed by atoms with Gasteiger partial charge in [0.25, 0.3) is 0 Å². The Bertz CT molecular complexity index is 523. The fourth-order valence-electron chi connectivity index (χ4n) is 2.17. The molecule has 2 rings (SSSR count). The van der Waals surface area contributed by atoms with Gasteiger partial charge in [0.05, 0.1) is 0 Å². The molecule has 0 saturated carbocycles. The monoisotopic (exact) mass is 228 g/mol. The number of para-hydroxylation sites is 1. The highest BCUT2D eigenvalue weighted by molar-refractivity contribution is 5.84. The molecule has 0 aliphatic rings. The van der Waals surface area contributed by atoms with Gasteiger partial charge in [0, 0.05) is 23.6 Å². The molecule has 90 valence electrons. The first-order valence-corrected chi connectivity index (χ1v) is 6.13. The fourth-order valence-corrected chi connectivity index (χ4v) is 2.17. The second kappa shape index (κ2) is 5.19. The van der Waals surface area contributed by atoms with Gasteiger partial charge < -0.3 is 10.3 Å². The highest BCUT2D eigenvalue weighted by Crippen LogP contribution is 2.22. The molecule has 2 nitrogen and oxygen atoms in total. The first kappa shape index (κ1) is 11.9. The molecule has 0 spiro atoms. The molecule has 2 heteroatoms. The molecule has 1 aromatic heterocycles. The van der Waals surface area contributed by atoms with E-state index in [2.05, 4.69) is 48.5 Å². The second-order valence-corrected chi connectivity index (χ2v) is 4.61. The third-order valence-corrected chi connectivity index (χ3v) is 3.06. The van der Waals surface area contributed by atoms with Crippen LogP contribution in [0.15, 0.2) is 42.6 Å². The zero-order valence-electron chi connectivity index (χ0n) is 10.4. The summed E-state index contributed by atoms with van der Waals surface area (Å²) in [6.07, 6.45) is 4.21. The molecule has 0 bridgehead atoms. The van der Waals surface area contributed by atoms with Crippen molar-refractivity contribution in [3.63, 3.8) is 0 Å². The van der Waals surface area contributed by atoms with Crippen LogP contribution >= 0.6 is 0 Å². The number of hydrogen-bond acceptors (Lipinski definition) is 1. The van der Waals surface area contributed by atoms with Gasteiger partial charge in [-0.25, -0.2) is 0 Å². The Labute approximate surface area is 103 Å². The Morgan fingerprint density at radius 3 is 2.82 bits per heavy atom. The van der Waals surface area contributed by atoms with Crippen molar-refractivity contribution >= 4 is 10.9 Å². The van der Waals surface area contributed by atoms with Crippen LogP contribution < -0.4 is 5.73 Å². The predicted octanol–water partition coefficient (Wildman–Crippen LogP) is 3.11. The van der Waals surface area contributed by atoms with Crippen LogP contribution in [0.3, 0.4) is 0 Å². The van der Waals surface area contributed by atoms with Gasteiger partial charge >= 0.3 is 0 Å². The summed E-state index contributed by atoms with van der Waals surface area (Å²) in [6.45, 7) is 7.74. The lowest BCUT2D eigenvalue weighted by Gasteiger charge is -2.04. The summed E-state index contributed by atoms with van der Waals surface area (Å²) in [6, 6.07) is 8.53. The lowest BCUT2D eigenvalue weighted by molar-refractivity contribution is 0.715. The molecule has 1 heterocycles. The van der Waals surface area contributed by atoms with E-state index in [4.69, 9.17) is 5.73 Å². The number of aryl methyl sites for hydroxylation is 1. The minimum absolute atomic E-state index is 0.703. The van der Waals surface area contributed by atoms with Crippen molar-refractivity contribution < 1.29 is 0 Å². The maximum Gasteiger partial charge on any atom is 0.0483 e. The van der Waals surface area contributed by atoms with Crippen LogP contribution in [0.25, 0.3) is 10.9 Å². The summed E-state index contributed by atoms with van der Waals surface area (Å²) < 4.78 is 2.31. The molecule has 0 amide bonds. The number of hydrogen-bond donors (Lipinski definition) is 1. The SMILES string of the molecule is C=C(C)CCn1cc(CCN)c2ccccc21. The highest BCUT2D eigenvalue weighted by Gasteiger charge is 2.06. The number of benzene rings is 1. The lowest BCUT2D eigenvalue weighted by atomic mass is 10.1. The van der Waals surface area contributed by atoms with E-state index in [-0.39, 0.29) is 0 Å². The summed E-state index contributed by atoms with van der Waals surface area (Å²) in [5, 5.41) is 1.33. The van der Waals surface area contributed by atoms with Gasteiger partial charge in [0.1, 0.15) is 0 Å². The normalized spacial score (nSPS) is 10.9. The van der Waals surface area contributed by atoms with E-state index < -0.39 is 0 Å². The molecular formula is C15H20N2. The van der Waals surface area contributed by atoms with E-state index in [1.165, 1.54) is 22.0 Å². The number of rotatable bonds is 5. The van der Waals surface area contributed by atoms with Crippen molar-refractivity contribution in [3.05, 3.63) is 48.2 Å². The minimum atomic E-state index is 0.703. The largest absolute Gasteiger partial charge is 0.347 e. The van der Waals surface area contributed by atoms with Gasteiger partial charge in [-0.15, -0.1) is 6.58 Å². The van der Waals surface area contributed by atoms with Crippen LogP contribution in [0.4, 0.5) is 0 Å². The Balaban J connectivity index is 2.37. The van der Waals surface area contributed by atoms with Crippen LogP contribution in [0.5, 0.6) is 0 Å². The smallest absolute Gasteiger partial charge is 0.0483 e. The number of nitrogens with two attached hydrogens (primary N) is 1. The maximum atomic E-state index is 5.66. The van der Waals surface area contributed by atoms with Crippen molar-refractivity contribution in [2.24, 2.45) is 5.73 Å². The molecule has 0 saturated heterocycles. The molecule has 0 unspecified atom stereocenters. The third-order valence-electron chi connectivity index (χ3n) is 3.06. The van der Waals surface area contributed by atoms with E-state index in [0.29, 0.717) is 6.54 Å². The molecule has 0 fully saturated rings. The number of aromatic nitrogens is 1. The zero-order chi connectivity index (χ0) is 12.3. The number of nitrogens with zero attached hydrogens (tertiary/aromatic N) is 1. The van der Waals surface area contributed by atoms with Crippen molar-refractivity contribution in [3.8, 4) is 0 Å². The molecule has 0 atom stereocenters. The van der Waals surface area contributed by atoms with Crippen LogP contribution in [-0.4, -0.2) is 11.1 Å². The second-order valence-electron chi connectivity index (χ2n) is 4.61. The molecule has 1 aromatic carbocycles. The molecular weight excluding hydrogens is 208 g/mol. The van der Waals surface area contributed by atoms with Gasteiger partial charge in [0.2, 0.25) is 0 Å². The van der Waals surface area contributed by atoms with Gasteiger partial charge in [0.15, 0.2) is 0 Å². The standard InChI is InChI=1S/C15H20N2/c1-12(2)8-10-17-11-13(7-9-16)14-5-3-4-6-15(14)17/h3-6,11H,1,7-10,16H2,2H3. The van der Waals surface area contributed by atoms with Crippen LogP contribution in [-0.2, 0) is 13.0 Å². The zero-order valence-corrected chi connectivity index (χ0v) is 10.4. The highest BCUT2D eigenvalue weighted by atomic mass is 15.0. The number of fused-ring (bicyclic) bond motifs is 1. The first-order valence-electron chi connectivity index (χ1n) is 6.13. The average molecular weight is 228 g/mol. The van der Waals surface area contributed by atoms with E-state index in [9.17, 15) is 0 Å². The fraction of sp³-hybridized carbons (Fsp3) is 0.333. The summed E-state index contributed by atoms with van der Waals surface area (Å²) in [5.41, 5.74) is 9.54. The van der Waals surface area contributed by atoms with Crippen molar-refractivity contribution in [2.45, 2.75) is 26.3 Å². The van der Waals surface area contributed by atoms with E-state index in [1.54, 1.807) is 0 Å². The van der Waals surface area contributed by atoms with E-state index in [1.807, 2.05) is 0 Å². The first-order chi connectivity index (χ1) is 8.22. The molecule has 0 radical (unpaired) electrons. The number of allylic oxidation sites excluding steroid dienone is 1.